The standard InChI is InChI=1S/C19H19NO3S/c1-22-16-10-4-5-11-17(16)23-14-8-7-13-20-19(21)15-9-3-6-12-18(15)24-2/h3-6,9-12H,13-14H2,1-2H3,(H,20,21). The van der Waals surface area contributed by atoms with Crippen molar-refractivity contribution in [2.45, 2.75) is 4.90 Å². The van der Waals surface area contributed by atoms with Crippen molar-refractivity contribution in [2.75, 3.05) is 26.5 Å². The maximum Gasteiger partial charge on any atom is 0.253 e. The molecular weight excluding hydrogens is 322 g/mol. The Kier molecular flexibility index (Phi) is 7.06. The number of rotatable bonds is 6. The van der Waals surface area contributed by atoms with Gasteiger partial charge in [0, 0.05) is 4.90 Å². The molecule has 1 amide bonds. The number of hydrogen-bond acceptors (Lipinski definition) is 4. The second kappa shape index (κ2) is 9.53. The predicted octanol–water partition coefficient (Wildman–Crippen LogP) is 3.23. The maximum atomic E-state index is 12.1. The minimum atomic E-state index is -0.125. The van der Waals surface area contributed by atoms with E-state index in [1.54, 1.807) is 24.9 Å². The van der Waals surface area contributed by atoms with Gasteiger partial charge in [-0.3, -0.25) is 4.79 Å². The lowest BCUT2D eigenvalue weighted by Gasteiger charge is -2.07. The first-order valence-electron chi connectivity index (χ1n) is 7.39. The summed E-state index contributed by atoms with van der Waals surface area (Å²) in [5.74, 6) is 6.94. The lowest BCUT2D eigenvalue weighted by atomic mass is 10.2. The summed E-state index contributed by atoms with van der Waals surface area (Å²) >= 11 is 1.54. The van der Waals surface area contributed by atoms with Gasteiger partial charge in [-0.2, -0.15) is 0 Å². The zero-order valence-corrected chi connectivity index (χ0v) is 14.5. The molecule has 2 rings (SSSR count). The van der Waals surface area contributed by atoms with Crippen LogP contribution in [0, 0.1) is 11.8 Å². The molecule has 0 saturated heterocycles. The fourth-order valence-electron chi connectivity index (χ4n) is 2.02. The first kappa shape index (κ1) is 17.8. The van der Waals surface area contributed by atoms with Gasteiger partial charge in [0.1, 0.15) is 6.61 Å². The summed E-state index contributed by atoms with van der Waals surface area (Å²) < 4.78 is 10.7. The second-order valence-electron chi connectivity index (χ2n) is 4.68. The van der Waals surface area contributed by atoms with Crippen LogP contribution in [0.5, 0.6) is 11.5 Å². The van der Waals surface area contributed by atoms with Crippen LogP contribution in [0.2, 0.25) is 0 Å². The Labute approximate surface area is 146 Å². The number of para-hydroxylation sites is 2. The van der Waals surface area contributed by atoms with E-state index < -0.39 is 0 Å². The van der Waals surface area contributed by atoms with Crippen LogP contribution in [0.15, 0.2) is 53.4 Å². The summed E-state index contributed by atoms with van der Waals surface area (Å²) in [6.07, 6.45) is 1.95. The SMILES string of the molecule is COc1ccccc1OCC#CCNC(=O)c1ccccc1SC. The van der Waals surface area contributed by atoms with Crippen molar-refractivity contribution in [2.24, 2.45) is 0 Å². The van der Waals surface area contributed by atoms with E-state index in [1.165, 1.54) is 0 Å². The van der Waals surface area contributed by atoms with Crippen LogP contribution in [-0.4, -0.2) is 32.4 Å². The topological polar surface area (TPSA) is 47.6 Å². The highest BCUT2D eigenvalue weighted by atomic mass is 32.2. The Morgan fingerprint density at radius 1 is 1.08 bits per heavy atom. The van der Waals surface area contributed by atoms with E-state index in [2.05, 4.69) is 17.2 Å². The molecule has 0 heterocycles. The third kappa shape index (κ3) is 4.97. The summed E-state index contributed by atoms with van der Waals surface area (Å²) in [5, 5.41) is 2.79. The monoisotopic (exact) mass is 341 g/mol. The molecule has 2 aromatic carbocycles. The fourth-order valence-corrected chi connectivity index (χ4v) is 2.61. The van der Waals surface area contributed by atoms with Crippen LogP contribution in [0.3, 0.4) is 0 Å². The Morgan fingerprint density at radius 2 is 1.79 bits per heavy atom. The molecule has 0 atom stereocenters. The Bertz CT molecular complexity index is 750. The summed E-state index contributed by atoms with van der Waals surface area (Å²) in [6, 6.07) is 14.9. The van der Waals surface area contributed by atoms with E-state index >= 15 is 0 Å². The van der Waals surface area contributed by atoms with Crippen LogP contribution in [0.1, 0.15) is 10.4 Å². The summed E-state index contributed by atoms with van der Waals surface area (Å²) in [7, 11) is 1.59. The average Bonchev–Trinajstić information content (AvgIpc) is 2.64. The molecule has 0 fully saturated rings. The van der Waals surface area contributed by atoms with Crippen molar-refractivity contribution < 1.29 is 14.3 Å². The first-order valence-corrected chi connectivity index (χ1v) is 8.61. The molecule has 5 heteroatoms. The third-order valence-electron chi connectivity index (χ3n) is 3.18. The van der Waals surface area contributed by atoms with E-state index in [0.717, 1.165) is 4.90 Å². The van der Waals surface area contributed by atoms with Gasteiger partial charge in [-0.05, 0) is 30.5 Å². The number of carbonyl (C=O) groups is 1. The van der Waals surface area contributed by atoms with E-state index in [0.29, 0.717) is 17.1 Å². The lowest BCUT2D eigenvalue weighted by molar-refractivity contribution is 0.0956. The molecule has 0 radical (unpaired) electrons. The minimum absolute atomic E-state index is 0.125. The van der Waals surface area contributed by atoms with Gasteiger partial charge in [0.25, 0.3) is 5.91 Å². The van der Waals surface area contributed by atoms with Crippen LogP contribution >= 0.6 is 11.8 Å². The van der Waals surface area contributed by atoms with Gasteiger partial charge in [-0.15, -0.1) is 11.8 Å². The molecule has 0 aliphatic carbocycles. The Hall–Kier alpha value is -2.58. The molecule has 2 aromatic rings. The molecule has 0 aliphatic rings. The molecule has 0 aliphatic heterocycles. The van der Waals surface area contributed by atoms with Crippen molar-refractivity contribution in [3.63, 3.8) is 0 Å². The first-order chi connectivity index (χ1) is 11.8. The van der Waals surface area contributed by atoms with E-state index in [-0.39, 0.29) is 19.1 Å². The average molecular weight is 341 g/mol. The largest absolute Gasteiger partial charge is 0.493 e. The maximum absolute atomic E-state index is 12.1. The van der Waals surface area contributed by atoms with Crippen molar-refractivity contribution in [1.29, 1.82) is 0 Å². The van der Waals surface area contributed by atoms with Crippen LogP contribution < -0.4 is 14.8 Å². The van der Waals surface area contributed by atoms with Crippen molar-refractivity contribution >= 4 is 17.7 Å². The second-order valence-corrected chi connectivity index (χ2v) is 5.52. The van der Waals surface area contributed by atoms with Gasteiger partial charge in [-0.25, -0.2) is 0 Å². The van der Waals surface area contributed by atoms with Crippen molar-refractivity contribution in [3.05, 3.63) is 54.1 Å². The van der Waals surface area contributed by atoms with Crippen molar-refractivity contribution in [1.82, 2.24) is 5.32 Å². The molecule has 0 aromatic heterocycles. The summed E-state index contributed by atoms with van der Waals surface area (Å²) in [5.41, 5.74) is 0.664. The van der Waals surface area contributed by atoms with Gasteiger partial charge >= 0.3 is 0 Å². The number of carbonyl (C=O) groups excluding carboxylic acids is 1. The molecule has 0 unspecified atom stereocenters. The van der Waals surface area contributed by atoms with Gasteiger partial charge in [0.2, 0.25) is 0 Å². The van der Waals surface area contributed by atoms with Crippen LogP contribution in [0.25, 0.3) is 0 Å². The molecular formula is C19H19NO3S. The van der Waals surface area contributed by atoms with Gasteiger partial charge in [0.05, 0.1) is 19.2 Å². The molecule has 0 saturated carbocycles. The number of nitrogens with one attached hydrogen (secondary N) is 1. The molecule has 24 heavy (non-hydrogen) atoms. The predicted molar refractivity (Wildman–Crippen MR) is 96.8 cm³/mol. The smallest absolute Gasteiger partial charge is 0.253 e. The van der Waals surface area contributed by atoms with Gasteiger partial charge in [0.15, 0.2) is 11.5 Å². The lowest BCUT2D eigenvalue weighted by Crippen LogP contribution is -2.24. The Balaban J connectivity index is 1.81. The fraction of sp³-hybridized carbons (Fsp3) is 0.211. The highest BCUT2D eigenvalue weighted by Crippen LogP contribution is 2.25. The Morgan fingerprint density at radius 3 is 2.54 bits per heavy atom. The van der Waals surface area contributed by atoms with Crippen LogP contribution in [0.4, 0.5) is 0 Å². The van der Waals surface area contributed by atoms with E-state index in [1.807, 2.05) is 48.7 Å². The summed E-state index contributed by atoms with van der Waals surface area (Å²) in [4.78, 5) is 13.1. The molecule has 124 valence electrons. The zero-order valence-electron chi connectivity index (χ0n) is 13.7. The number of ether oxygens (including phenoxy) is 2. The van der Waals surface area contributed by atoms with Crippen molar-refractivity contribution in [3.8, 4) is 23.3 Å². The number of amides is 1. The zero-order chi connectivity index (χ0) is 17.2. The number of methoxy groups -OCH3 is 1. The number of hydrogen-bond donors (Lipinski definition) is 1. The minimum Gasteiger partial charge on any atom is -0.493 e. The van der Waals surface area contributed by atoms with Crippen LogP contribution in [-0.2, 0) is 0 Å². The van der Waals surface area contributed by atoms with Gasteiger partial charge in [-0.1, -0.05) is 36.1 Å². The molecule has 0 bridgehead atoms. The molecule has 1 N–H and O–H groups in total. The molecule has 0 spiro atoms. The molecule has 4 nitrogen and oxygen atoms in total. The highest BCUT2D eigenvalue weighted by Gasteiger charge is 2.08. The van der Waals surface area contributed by atoms with Gasteiger partial charge < -0.3 is 14.8 Å². The van der Waals surface area contributed by atoms with E-state index in [9.17, 15) is 4.79 Å². The highest BCUT2D eigenvalue weighted by molar-refractivity contribution is 7.98. The van der Waals surface area contributed by atoms with E-state index in [4.69, 9.17) is 9.47 Å². The number of benzene rings is 2. The quantitative estimate of drug-likeness (QED) is 0.647. The normalized spacial score (nSPS) is 9.58. The summed E-state index contributed by atoms with van der Waals surface area (Å²) in [6.45, 7) is 0.508. The number of thioether (sulfide) groups is 1. The third-order valence-corrected chi connectivity index (χ3v) is 3.98.